The molecule has 0 aliphatic carbocycles. The van der Waals surface area contributed by atoms with Crippen LogP contribution in [0, 0.1) is 6.92 Å². The zero-order valence-corrected chi connectivity index (χ0v) is 13.0. The van der Waals surface area contributed by atoms with Gasteiger partial charge in [-0.1, -0.05) is 35.9 Å². The molecule has 0 unspecified atom stereocenters. The first-order valence-corrected chi connectivity index (χ1v) is 7.04. The fourth-order valence-corrected chi connectivity index (χ4v) is 1.86. The van der Waals surface area contributed by atoms with Gasteiger partial charge in [0.1, 0.15) is 0 Å². The number of para-hydroxylation sites is 1. The lowest BCUT2D eigenvalue weighted by atomic mass is 10.1. The molecular weight excluding hydrogens is 292 g/mol. The Morgan fingerprint density at radius 1 is 1.22 bits per heavy atom. The molecule has 0 fully saturated rings. The number of phenolic OH excluding ortho intramolecular Hbond substituents is 1. The summed E-state index contributed by atoms with van der Waals surface area (Å²) >= 11 is 0. The molecule has 0 aliphatic heterocycles. The van der Waals surface area contributed by atoms with E-state index in [-0.39, 0.29) is 11.7 Å². The normalized spacial score (nSPS) is 11.0. The third-order valence-corrected chi connectivity index (χ3v) is 3.13. The molecule has 2 N–H and O–H groups in total. The van der Waals surface area contributed by atoms with Crippen molar-refractivity contribution in [2.24, 2.45) is 5.10 Å². The Morgan fingerprint density at radius 2 is 1.96 bits per heavy atom. The molecule has 0 saturated carbocycles. The molecule has 2 rings (SSSR count). The van der Waals surface area contributed by atoms with Crippen LogP contribution < -0.4 is 10.2 Å². The van der Waals surface area contributed by atoms with Gasteiger partial charge in [0.15, 0.2) is 11.5 Å². The van der Waals surface area contributed by atoms with E-state index in [1.54, 1.807) is 24.3 Å². The third kappa shape index (κ3) is 4.71. The highest BCUT2D eigenvalue weighted by Gasteiger charge is 2.04. The van der Waals surface area contributed by atoms with Crippen molar-refractivity contribution in [2.45, 2.75) is 6.92 Å². The molecule has 0 bridgehead atoms. The number of phenols is 1. The summed E-state index contributed by atoms with van der Waals surface area (Å²) < 4.78 is 5.00. The third-order valence-electron chi connectivity index (χ3n) is 3.13. The van der Waals surface area contributed by atoms with Gasteiger partial charge in [-0.15, -0.1) is 0 Å². The second-order valence-electron chi connectivity index (χ2n) is 4.88. The number of hydrazone groups is 1. The number of nitrogens with one attached hydrogen (secondary N) is 1. The molecule has 0 spiro atoms. The van der Waals surface area contributed by atoms with Crippen LogP contribution in [0.2, 0.25) is 0 Å². The standard InChI is InChI=1S/C18H18N2O3/c1-13-6-8-14(9-7-13)10-11-17(21)20-19-12-15-4-3-5-16(23-2)18(15)22/h3-12,22H,1-2H3,(H,20,21)/b11-10+,19-12+. The van der Waals surface area contributed by atoms with E-state index in [9.17, 15) is 9.90 Å². The Balaban J connectivity index is 1.95. The Morgan fingerprint density at radius 3 is 2.65 bits per heavy atom. The van der Waals surface area contributed by atoms with Crippen molar-refractivity contribution in [3.63, 3.8) is 0 Å². The molecule has 118 valence electrons. The number of nitrogens with zero attached hydrogens (tertiary/aromatic N) is 1. The van der Waals surface area contributed by atoms with Crippen LogP contribution in [-0.2, 0) is 4.79 Å². The summed E-state index contributed by atoms with van der Waals surface area (Å²) in [6.45, 7) is 2.00. The SMILES string of the molecule is COc1cccc(/C=N/NC(=O)/C=C/c2ccc(C)cc2)c1O. The van der Waals surface area contributed by atoms with Crippen LogP contribution in [0.3, 0.4) is 0 Å². The highest BCUT2D eigenvalue weighted by Crippen LogP contribution is 2.27. The molecule has 1 amide bonds. The summed E-state index contributed by atoms with van der Waals surface area (Å²) in [4.78, 5) is 11.7. The summed E-state index contributed by atoms with van der Waals surface area (Å²) in [5, 5.41) is 13.7. The van der Waals surface area contributed by atoms with Gasteiger partial charge in [-0.3, -0.25) is 4.79 Å². The van der Waals surface area contributed by atoms with Crippen LogP contribution in [0.1, 0.15) is 16.7 Å². The minimum Gasteiger partial charge on any atom is -0.504 e. The fraction of sp³-hybridized carbons (Fsp3) is 0.111. The summed E-state index contributed by atoms with van der Waals surface area (Å²) in [6, 6.07) is 12.8. The molecular formula is C18H18N2O3. The number of aromatic hydroxyl groups is 1. The Kier molecular flexibility index (Phi) is 5.52. The van der Waals surface area contributed by atoms with E-state index in [4.69, 9.17) is 4.74 Å². The molecule has 2 aromatic rings. The van der Waals surface area contributed by atoms with Crippen LogP contribution in [0.25, 0.3) is 6.08 Å². The van der Waals surface area contributed by atoms with Gasteiger partial charge in [0.25, 0.3) is 5.91 Å². The molecule has 0 saturated heterocycles. The van der Waals surface area contributed by atoms with Gasteiger partial charge in [-0.25, -0.2) is 5.43 Å². The topological polar surface area (TPSA) is 70.9 Å². The number of benzene rings is 2. The maximum Gasteiger partial charge on any atom is 0.264 e. The predicted molar refractivity (Wildman–Crippen MR) is 90.6 cm³/mol. The van der Waals surface area contributed by atoms with Crippen LogP contribution in [-0.4, -0.2) is 24.3 Å². The minimum absolute atomic E-state index is 0.0248. The summed E-state index contributed by atoms with van der Waals surface area (Å²) in [5.41, 5.74) is 4.91. The Labute approximate surface area is 134 Å². The second kappa shape index (κ2) is 7.79. The van der Waals surface area contributed by atoms with Gasteiger partial charge in [0.2, 0.25) is 0 Å². The summed E-state index contributed by atoms with van der Waals surface area (Å²) in [7, 11) is 1.47. The summed E-state index contributed by atoms with van der Waals surface area (Å²) in [6.07, 6.45) is 4.45. The van der Waals surface area contributed by atoms with E-state index in [0.29, 0.717) is 11.3 Å². The van der Waals surface area contributed by atoms with Gasteiger partial charge in [-0.05, 0) is 30.7 Å². The first kappa shape index (κ1) is 16.3. The van der Waals surface area contributed by atoms with E-state index < -0.39 is 0 Å². The molecule has 0 aromatic heterocycles. The molecule has 0 radical (unpaired) electrons. The smallest absolute Gasteiger partial charge is 0.264 e. The highest BCUT2D eigenvalue weighted by molar-refractivity contribution is 5.93. The predicted octanol–water partition coefficient (Wildman–Crippen LogP) is 2.87. The lowest BCUT2D eigenvalue weighted by Gasteiger charge is -2.04. The van der Waals surface area contributed by atoms with Gasteiger partial charge in [0.05, 0.1) is 13.3 Å². The number of rotatable bonds is 5. The van der Waals surface area contributed by atoms with Gasteiger partial charge >= 0.3 is 0 Å². The second-order valence-corrected chi connectivity index (χ2v) is 4.88. The van der Waals surface area contributed by atoms with Gasteiger partial charge < -0.3 is 9.84 Å². The number of hydrogen-bond acceptors (Lipinski definition) is 4. The van der Waals surface area contributed by atoms with Crippen molar-refractivity contribution in [1.29, 1.82) is 0 Å². The molecule has 0 aliphatic rings. The highest BCUT2D eigenvalue weighted by atomic mass is 16.5. The minimum atomic E-state index is -0.357. The Bertz CT molecular complexity index is 734. The number of methoxy groups -OCH3 is 1. The van der Waals surface area contributed by atoms with Crippen LogP contribution in [0.15, 0.2) is 53.6 Å². The van der Waals surface area contributed by atoms with Crippen LogP contribution in [0.5, 0.6) is 11.5 Å². The van der Waals surface area contributed by atoms with Crippen molar-refractivity contribution >= 4 is 18.2 Å². The number of carbonyl (C=O) groups excluding carboxylic acids is 1. The van der Waals surface area contributed by atoms with Crippen molar-refractivity contribution in [2.75, 3.05) is 7.11 Å². The van der Waals surface area contributed by atoms with Gasteiger partial charge in [0, 0.05) is 11.6 Å². The maximum absolute atomic E-state index is 11.7. The number of carbonyl (C=O) groups is 1. The molecule has 0 atom stereocenters. The van der Waals surface area contributed by atoms with E-state index >= 15 is 0 Å². The number of aryl methyl sites for hydroxylation is 1. The lowest BCUT2D eigenvalue weighted by Crippen LogP contribution is -2.14. The number of hydrogen-bond donors (Lipinski definition) is 2. The average molecular weight is 310 g/mol. The van der Waals surface area contributed by atoms with Crippen LogP contribution in [0.4, 0.5) is 0 Å². The van der Waals surface area contributed by atoms with Crippen molar-refractivity contribution in [3.8, 4) is 11.5 Å². The zero-order valence-electron chi connectivity index (χ0n) is 13.0. The fourth-order valence-electron chi connectivity index (χ4n) is 1.86. The first-order chi connectivity index (χ1) is 11.1. The van der Waals surface area contributed by atoms with E-state index in [1.165, 1.54) is 19.4 Å². The zero-order chi connectivity index (χ0) is 16.7. The Hall–Kier alpha value is -3.08. The summed E-state index contributed by atoms with van der Waals surface area (Å²) in [5.74, 6) is -0.0352. The molecule has 5 heteroatoms. The van der Waals surface area contributed by atoms with E-state index in [1.807, 2.05) is 31.2 Å². The monoisotopic (exact) mass is 310 g/mol. The van der Waals surface area contributed by atoms with E-state index in [0.717, 1.165) is 11.1 Å². The maximum atomic E-state index is 11.7. The van der Waals surface area contributed by atoms with Crippen molar-refractivity contribution in [1.82, 2.24) is 5.43 Å². The largest absolute Gasteiger partial charge is 0.504 e. The van der Waals surface area contributed by atoms with Crippen molar-refractivity contribution in [3.05, 3.63) is 65.2 Å². The molecule has 5 nitrogen and oxygen atoms in total. The first-order valence-electron chi connectivity index (χ1n) is 7.04. The number of amides is 1. The van der Waals surface area contributed by atoms with E-state index in [2.05, 4.69) is 10.5 Å². The molecule has 23 heavy (non-hydrogen) atoms. The molecule has 2 aromatic carbocycles. The average Bonchev–Trinajstić information content (AvgIpc) is 2.56. The molecule has 0 heterocycles. The van der Waals surface area contributed by atoms with Crippen LogP contribution >= 0.6 is 0 Å². The van der Waals surface area contributed by atoms with Gasteiger partial charge in [-0.2, -0.15) is 5.10 Å². The number of ether oxygens (including phenoxy) is 1. The lowest BCUT2D eigenvalue weighted by molar-refractivity contribution is -0.116. The van der Waals surface area contributed by atoms with Crippen molar-refractivity contribution < 1.29 is 14.6 Å². The quantitative estimate of drug-likeness (QED) is 0.507.